The van der Waals surface area contributed by atoms with Crippen LogP contribution in [0, 0.1) is 17.8 Å². The number of aliphatic hydroxyl groups is 2. The number of phenols is 1. The normalized spacial score (nSPS) is 19.8. The molecule has 0 saturated carbocycles. The van der Waals surface area contributed by atoms with Gasteiger partial charge in [-0.1, -0.05) is 97.4 Å². The van der Waals surface area contributed by atoms with Gasteiger partial charge in [0.25, 0.3) is 0 Å². The van der Waals surface area contributed by atoms with E-state index in [1.807, 2.05) is 110 Å². The number of amides is 2. The molecule has 7 heteroatoms. The van der Waals surface area contributed by atoms with Crippen LogP contribution in [0.5, 0.6) is 5.75 Å². The molecule has 0 unspecified atom stereocenters. The fourth-order valence-corrected chi connectivity index (χ4v) is 7.95. The number of imide groups is 1. The summed E-state index contributed by atoms with van der Waals surface area (Å²) >= 11 is 0. The topological polar surface area (TPSA) is 110 Å². The molecule has 7 nitrogen and oxygen atoms in total. The molecule has 7 rings (SSSR count). The lowest BCUT2D eigenvalue weighted by atomic mass is 9.67. The predicted octanol–water partition coefficient (Wildman–Crippen LogP) is 8.50. The van der Waals surface area contributed by atoms with Crippen LogP contribution in [-0.2, 0) is 9.59 Å². The van der Waals surface area contributed by atoms with Gasteiger partial charge in [-0.15, -0.1) is 0 Å². The molecule has 1 saturated heterocycles. The zero-order chi connectivity index (χ0) is 35.5. The summed E-state index contributed by atoms with van der Waals surface area (Å²) in [5, 5.41) is 38.2. The summed E-state index contributed by atoms with van der Waals surface area (Å²) in [6.45, 7) is 1.66. The van der Waals surface area contributed by atoms with Crippen molar-refractivity contribution in [1.82, 2.24) is 0 Å². The van der Waals surface area contributed by atoms with Crippen LogP contribution in [0.1, 0.15) is 43.7 Å². The van der Waals surface area contributed by atoms with Crippen molar-refractivity contribution in [2.45, 2.75) is 38.7 Å². The third-order valence-electron chi connectivity index (χ3n) is 10.5. The molecule has 258 valence electrons. The molecule has 4 atom stereocenters. The number of nitrogens with one attached hydrogen (secondary N) is 1. The maximum Gasteiger partial charge on any atom is 0.238 e. The van der Waals surface area contributed by atoms with E-state index < -0.39 is 23.9 Å². The highest BCUT2D eigenvalue weighted by Crippen LogP contribution is 2.48. The Hall–Kier alpha value is -5.50. The third kappa shape index (κ3) is 6.70. The lowest BCUT2D eigenvalue weighted by molar-refractivity contribution is -0.123. The summed E-state index contributed by atoms with van der Waals surface area (Å²) < 4.78 is 0. The molecule has 0 radical (unpaired) electrons. The Balaban J connectivity index is 1.14. The number of hydrogen-bond donors (Lipinski definition) is 4. The largest absolute Gasteiger partial charge is 0.507 e. The summed E-state index contributed by atoms with van der Waals surface area (Å²) in [6.07, 6.45) is 3.06. The molecule has 2 aliphatic rings. The second kappa shape index (κ2) is 14.8. The van der Waals surface area contributed by atoms with Gasteiger partial charge in [-0.3, -0.25) is 14.5 Å². The van der Waals surface area contributed by atoms with Crippen molar-refractivity contribution in [2.24, 2.45) is 17.8 Å². The van der Waals surface area contributed by atoms with Gasteiger partial charge in [0.2, 0.25) is 11.8 Å². The molecule has 5 aromatic rings. The minimum atomic E-state index is -0.915. The van der Waals surface area contributed by atoms with Gasteiger partial charge in [0, 0.05) is 22.7 Å². The van der Waals surface area contributed by atoms with Crippen molar-refractivity contribution in [2.75, 3.05) is 16.8 Å². The van der Waals surface area contributed by atoms with Crippen LogP contribution in [-0.4, -0.2) is 39.8 Å². The number of benzene rings is 5. The number of anilines is 3. The second-order valence-electron chi connectivity index (χ2n) is 13.4. The maximum absolute atomic E-state index is 14.1. The second-order valence-corrected chi connectivity index (χ2v) is 13.4. The first-order valence-corrected chi connectivity index (χ1v) is 17.6. The zero-order valence-electron chi connectivity index (χ0n) is 28.6. The van der Waals surface area contributed by atoms with Gasteiger partial charge in [0.15, 0.2) is 0 Å². The van der Waals surface area contributed by atoms with Gasteiger partial charge >= 0.3 is 0 Å². The standard InChI is InChI=1S/C44H42N2O5/c1-2-28-26-37-42(44(51)46(43(37)50)34-21-19-33(20-22-34)45-32-13-7-4-8-14-32)38(27-47)41(28)40(49)24-17-30(29-11-5-3-6-12-29)25-31-18-23-39(48)36-16-10-9-15-35(31)36/h3-16,18-23,25,37-38,40,42,45,47-49H,2,17,24,26-27H2,1H3/b30-25-/t37-,38+,40-,42-/m1/s1. The van der Waals surface area contributed by atoms with E-state index in [0.29, 0.717) is 36.9 Å². The van der Waals surface area contributed by atoms with Crippen LogP contribution >= 0.6 is 0 Å². The molecule has 1 fully saturated rings. The average Bonchev–Trinajstić information content (AvgIpc) is 3.42. The number of hydrogen-bond acceptors (Lipinski definition) is 6. The first kappa shape index (κ1) is 34.0. The Morgan fingerprint density at radius 2 is 1.47 bits per heavy atom. The fourth-order valence-electron chi connectivity index (χ4n) is 7.95. The minimum absolute atomic E-state index is 0.222. The highest BCUT2D eigenvalue weighted by atomic mass is 16.3. The van der Waals surface area contributed by atoms with Gasteiger partial charge < -0.3 is 20.6 Å². The first-order valence-electron chi connectivity index (χ1n) is 17.6. The van der Waals surface area contributed by atoms with Gasteiger partial charge in [0.05, 0.1) is 30.2 Å². The minimum Gasteiger partial charge on any atom is -0.507 e. The Kier molecular flexibility index (Phi) is 9.84. The van der Waals surface area contributed by atoms with Crippen molar-refractivity contribution in [1.29, 1.82) is 0 Å². The Bertz CT molecular complexity index is 2110. The van der Waals surface area contributed by atoms with Crippen LogP contribution < -0.4 is 10.2 Å². The molecule has 1 aliphatic carbocycles. The van der Waals surface area contributed by atoms with E-state index in [9.17, 15) is 24.9 Å². The number of carbonyl (C=O) groups is 2. The van der Waals surface area contributed by atoms with E-state index in [0.717, 1.165) is 44.4 Å². The number of carbonyl (C=O) groups excluding carboxylic acids is 2. The fraction of sp³-hybridized carbons (Fsp3) is 0.227. The quantitative estimate of drug-likeness (QED) is 0.0634. The molecule has 5 aromatic carbocycles. The summed E-state index contributed by atoms with van der Waals surface area (Å²) in [5.41, 5.74) is 6.87. The number of fused-ring (bicyclic) bond motifs is 2. The van der Waals surface area contributed by atoms with E-state index in [4.69, 9.17) is 0 Å². The maximum atomic E-state index is 14.1. The third-order valence-corrected chi connectivity index (χ3v) is 10.5. The summed E-state index contributed by atoms with van der Waals surface area (Å²) in [7, 11) is 0. The molecule has 0 spiro atoms. The lowest BCUT2D eigenvalue weighted by Crippen LogP contribution is -2.39. The van der Waals surface area contributed by atoms with Crippen molar-refractivity contribution >= 4 is 51.3 Å². The van der Waals surface area contributed by atoms with E-state index in [1.54, 1.807) is 18.2 Å². The van der Waals surface area contributed by atoms with E-state index in [1.165, 1.54) is 4.90 Å². The first-order chi connectivity index (χ1) is 24.9. The number of para-hydroxylation sites is 1. The van der Waals surface area contributed by atoms with Gasteiger partial charge in [-0.25, -0.2) is 0 Å². The van der Waals surface area contributed by atoms with Crippen molar-refractivity contribution in [3.05, 3.63) is 144 Å². The predicted molar refractivity (Wildman–Crippen MR) is 203 cm³/mol. The zero-order valence-corrected chi connectivity index (χ0v) is 28.6. The van der Waals surface area contributed by atoms with E-state index in [2.05, 4.69) is 11.4 Å². The molecule has 0 aromatic heterocycles. The van der Waals surface area contributed by atoms with E-state index in [-0.39, 0.29) is 24.2 Å². The Labute approximate surface area is 298 Å². The van der Waals surface area contributed by atoms with Gasteiger partial charge in [-0.05, 0) is 95.8 Å². The summed E-state index contributed by atoms with van der Waals surface area (Å²) in [6, 6.07) is 38.3. The molecule has 2 amide bonds. The molecule has 51 heavy (non-hydrogen) atoms. The number of nitrogens with zero attached hydrogens (tertiary/aromatic N) is 1. The highest BCUT2D eigenvalue weighted by molar-refractivity contribution is 6.22. The summed E-state index contributed by atoms with van der Waals surface area (Å²) in [5.74, 6) is -2.39. The van der Waals surface area contributed by atoms with Crippen molar-refractivity contribution < 1.29 is 24.9 Å². The molecular formula is C44H42N2O5. The van der Waals surface area contributed by atoms with Crippen LogP contribution in [0.4, 0.5) is 17.1 Å². The van der Waals surface area contributed by atoms with Crippen molar-refractivity contribution in [3.8, 4) is 5.75 Å². The number of aliphatic hydroxyl groups excluding tert-OH is 2. The molecule has 4 N–H and O–H groups in total. The van der Waals surface area contributed by atoms with Crippen LogP contribution in [0.2, 0.25) is 0 Å². The number of aromatic hydroxyl groups is 1. The van der Waals surface area contributed by atoms with Crippen molar-refractivity contribution in [3.63, 3.8) is 0 Å². The Morgan fingerprint density at radius 3 is 2.16 bits per heavy atom. The molecular weight excluding hydrogens is 636 g/mol. The van der Waals surface area contributed by atoms with Gasteiger partial charge in [0.1, 0.15) is 5.75 Å². The number of rotatable bonds is 11. The SMILES string of the molecule is CCC1=C([C@H](O)CC/C(=C/c2ccc(O)c3ccccc23)c2ccccc2)[C@H](CO)[C@@H]2C(=O)N(c3ccc(Nc4ccccc4)cc3)C(=O)[C@@H]2C1. The number of phenolic OH excluding ortho intramolecular Hbond substituents is 1. The van der Waals surface area contributed by atoms with E-state index >= 15 is 0 Å². The molecule has 0 bridgehead atoms. The van der Waals surface area contributed by atoms with Crippen LogP contribution in [0.3, 0.4) is 0 Å². The summed E-state index contributed by atoms with van der Waals surface area (Å²) in [4.78, 5) is 29.2. The van der Waals surface area contributed by atoms with Crippen LogP contribution in [0.25, 0.3) is 22.4 Å². The highest BCUT2D eigenvalue weighted by Gasteiger charge is 2.55. The smallest absolute Gasteiger partial charge is 0.238 e. The number of allylic oxidation sites excluding steroid dienone is 2. The monoisotopic (exact) mass is 678 g/mol. The van der Waals surface area contributed by atoms with Gasteiger partial charge in [-0.2, -0.15) is 0 Å². The molecule has 1 heterocycles. The molecule has 1 aliphatic heterocycles. The lowest BCUT2D eigenvalue weighted by Gasteiger charge is -2.36. The average molecular weight is 679 g/mol. The van der Waals surface area contributed by atoms with Crippen LogP contribution in [0.15, 0.2) is 132 Å². The Morgan fingerprint density at radius 1 is 0.824 bits per heavy atom.